The summed E-state index contributed by atoms with van der Waals surface area (Å²) in [4.78, 5) is 12.0. The Morgan fingerprint density at radius 2 is 1.96 bits per heavy atom. The molecular formula is C17H24N4O4. The number of nitrogens with zero attached hydrogens (tertiary/aromatic N) is 2. The van der Waals surface area contributed by atoms with Crippen molar-refractivity contribution in [2.75, 3.05) is 25.6 Å². The number of rotatable bonds is 8. The van der Waals surface area contributed by atoms with Crippen molar-refractivity contribution in [2.45, 2.75) is 25.4 Å². The third-order valence-electron chi connectivity index (χ3n) is 4.06. The highest BCUT2D eigenvalue weighted by Gasteiger charge is 2.28. The van der Waals surface area contributed by atoms with Gasteiger partial charge in [-0.1, -0.05) is 19.1 Å². The van der Waals surface area contributed by atoms with Gasteiger partial charge in [0.25, 0.3) is 0 Å². The summed E-state index contributed by atoms with van der Waals surface area (Å²) in [5.41, 5.74) is 0.528. The minimum atomic E-state index is -1.04. The summed E-state index contributed by atoms with van der Waals surface area (Å²) >= 11 is 0. The van der Waals surface area contributed by atoms with Gasteiger partial charge in [-0.25, -0.2) is 4.79 Å². The van der Waals surface area contributed by atoms with E-state index in [9.17, 15) is 15.0 Å². The average Bonchev–Trinajstić information content (AvgIpc) is 3.07. The monoisotopic (exact) mass is 348 g/mol. The number of aliphatic hydroxyl groups is 2. The summed E-state index contributed by atoms with van der Waals surface area (Å²) in [6.07, 6.45) is 3.65. The Hall–Kier alpha value is -2.58. The van der Waals surface area contributed by atoms with Crippen LogP contribution in [0.5, 0.6) is 5.75 Å². The van der Waals surface area contributed by atoms with Crippen LogP contribution in [0.4, 0.5) is 10.5 Å². The smallest absolute Gasteiger partial charge is 0.319 e. The molecule has 0 aliphatic carbocycles. The minimum absolute atomic E-state index is 0.343. The molecule has 0 radical (unpaired) electrons. The van der Waals surface area contributed by atoms with E-state index in [1.807, 2.05) is 24.3 Å². The molecule has 0 aliphatic heterocycles. The number of ether oxygens (including phenoxy) is 1. The molecule has 8 nitrogen and oxygen atoms in total. The molecule has 0 fully saturated rings. The van der Waals surface area contributed by atoms with Crippen molar-refractivity contribution in [2.24, 2.45) is 0 Å². The van der Waals surface area contributed by atoms with Crippen molar-refractivity contribution in [3.63, 3.8) is 0 Å². The van der Waals surface area contributed by atoms with Crippen LogP contribution < -0.4 is 15.4 Å². The zero-order valence-electron chi connectivity index (χ0n) is 14.4. The first-order valence-electron chi connectivity index (χ1n) is 8.00. The van der Waals surface area contributed by atoms with Gasteiger partial charge < -0.3 is 25.6 Å². The second-order valence-electron chi connectivity index (χ2n) is 5.80. The summed E-state index contributed by atoms with van der Waals surface area (Å²) in [6, 6.07) is 7.13. The fourth-order valence-corrected chi connectivity index (χ4v) is 2.28. The Balaban J connectivity index is 1.95. The van der Waals surface area contributed by atoms with Gasteiger partial charge in [0.1, 0.15) is 5.75 Å². The molecule has 25 heavy (non-hydrogen) atoms. The number of hydrogen-bond acceptors (Lipinski definition) is 5. The van der Waals surface area contributed by atoms with Crippen LogP contribution >= 0.6 is 0 Å². The van der Waals surface area contributed by atoms with Gasteiger partial charge >= 0.3 is 6.03 Å². The highest BCUT2D eigenvalue weighted by atomic mass is 16.5. The van der Waals surface area contributed by atoms with E-state index in [0.717, 1.165) is 11.3 Å². The van der Waals surface area contributed by atoms with Crippen LogP contribution in [0.25, 0.3) is 0 Å². The number of nitrogens with one attached hydrogen (secondary N) is 2. The van der Waals surface area contributed by atoms with E-state index in [2.05, 4.69) is 15.7 Å². The molecule has 0 unspecified atom stereocenters. The first kappa shape index (κ1) is 18.8. The maximum absolute atomic E-state index is 12.0. The zero-order valence-corrected chi connectivity index (χ0v) is 14.4. The molecule has 4 N–H and O–H groups in total. The minimum Gasteiger partial charge on any atom is -0.497 e. The molecule has 0 spiro atoms. The number of aromatic nitrogens is 2. The summed E-state index contributed by atoms with van der Waals surface area (Å²) in [5, 5.41) is 28.2. The number of carbonyl (C=O) groups excluding carboxylic acids is 1. The topological polar surface area (TPSA) is 109 Å². The standard InChI is InChI=1S/C17H24N4O4/c1-3-17(11-22,12-23)20-16(24)19-14-8-18-21(10-14)9-13-4-6-15(25-2)7-5-13/h4-8,10,22-23H,3,9,11-12H2,1-2H3,(H2,19,20,24). The summed E-state index contributed by atoms with van der Waals surface area (Å²) in [7, 11) is 1.62. The third-order valence-corrected chi connectivity index (χ3v) is 4.06. The largest absolute Gasteiger partial charge is 0.497 e. The van der Waals surface area contributed by atoms with Gasteiger partial charge in [-0.15, -0.1) is 0 Å². The average molecular weight is 348 g/mol. The van der Waals surface area contributed by atoms with Crippen molar-refractivity contribution in [1.82, 2.24) is 15.1 Å². The molecule has 2 amide bonds. The van der Waals surface area contributed by atoms with Crippen LogP contribution in [0.15, 0.2) is 36.7 Å². The predicted octanol–water partition coefficient (Wildman–Crippen LogP) is 1.19. The Bertz CT molecular complexity index is 672. The Morgan fingerprint density at radius 1 is 1.28 bits per heavy atom. The number of methoxy groups -OCH3 is 1. The molecule has 1 aromatic heterocycles. The van der Waals surface area contributed by atoms with Crippen LogP contribution in [-0.2, 0) is 6.54 Å². The highest BCUT2D eigenvalue weighted by Crippen LogP contribution is 2.14. The number of urea groups is 1. The molecule has 2 rings (SSSR count). The molecule has 8 heteroatoms. The molecule has 0 saturated carbocycles. The summed E-state index contributed by atoms with van der Waals surface area (Å²) in [6.45, 7) is 1.65. The Labute approximate surface area is 146 Å². The number of anilines is 1. The van der Waals surface area contributed by atoms with Gasteiger partial charge in [0.15, 0.2) is 0 Å². The van der Waals surface area contributed by atoms with E-state index in [-0.39, 0.29) is 13.2 Å². The van der Waals surface area contributed by atoms with Crippen molar-refractivity contribution in [3.05, 3.63) is 42.2 Å². The van der Waals surface area contributed by atoms with Crippen molar-refractivity contribution in [1.29, 1.82) is 0 Å². The number of hydrogen-bond donors (Lipinski definition) is 4. The van der Waals surface area contributed by atoms with E-state index >= 15 is 0 Å². The van der Waals surface area contributed by atoms with Gasteiger partial charge in [-0.05, 0) is 24.1 Å². The molecule has 0 aliphatic rings. The molecule has 0 bridgehead atoms. The van der Waals surface area contributed by atoms with Crippen molar-refractivity contribution >= 4 is 11.7 Å². The molecular weight excluding hydrogens is 324 g/mol. The quantitative estimate of drug-likeness (QED) is 0.573. The van der Waals surface area contributed by atoms with Gasteiger partial charge in [0, 0.05) is 6.20 Å². The van der Waals surface area contributed by atoms with E-state index in [0.29, 0.717) is 18.7 Å². The van der Waals surface area contributed by atoms with Gasteiger partial charge in [-0.2, -0.15) is 5.10 Å². The fraction of sp³-hybridized carbons (Fsp3) is 0.412. The number of benzene rings is 1. The fourth-order valence-electron chi connectivity index (χ4n) is 2.28. The number of carbonyl (C=O) groups is 1. The Kier molecular flexibility index (Phi) is 6.37. The first-order valence-corrected chi connectivity index (χ1v) is 8.00. The van der Waals surface area contributed by atoms with E-state index < -0.39 is 11.6 Å². The lowest BCUT2D eigenvalue weighted by molar-refractivity contribution is 0.0955. The number of amides is 2. The van der Waals surface area contributed by atoms with Crippen LogP contribution in [0, 0.1) is 0 Å². The summed E-state index contributed by atoms with van der Waals surface area (Å²) < 4.78 is 6.82. The van der Waals surface area contributed by atoms with E-state index in [1.54, 1.807) is 24.9 Å². The second kappa shape index (κ2) is 8.50. The highest BCUT2D eigenvalue weighted by molar-refractivity contribution is 5.89. The second-order valence-corrected chi connectivity index (χ2v) is 5.80. The predicted molar refractivity (Wildman–Crippen MR) is 93.7 cm³/mol. The van der Waals surface area contributed by atoms with Crippen molar-refractivity contribution in [3.8, 4) is 5.75 Å². The zero-order chi connectivity index (χ0) is 18.3. The van der Waals surface area contributed by atoms with E-state index in [1.165, 1.54) is 6.20 Å². The van der Waals surface area contributed by atoms with Crippen LogP contribution in [0.1, 0.15) is 18.9 Å². The molecule has 1 aromatic carbocycles. The Morgan fingerprint density at radius 3 is 2.52 bits per heavy atom. The molecule has 0 saturated heterocycles. The molecule has 0 atom stereocenters. The maximum Gasteiger partial charge on any atom is 0.319 e. The van der Waals surface area contributed by atoms with Gasteiger partial charge in [0.2, 0.25) is 0 Å². The molecule has 1 heterocycles. The first-order chi connectivity index (χ1) is 12.0. The normalized spacial score (nSPS) is 11.2. The third kappa shape index (κ3) is 4.94. The van der Waals surface area contributed by atoms with Crippen molar-refractivity contribution < 1.29 is 19.7 Å². The lowest BCUT2D eigenvalue weighted by atomic mass is 9.99. The lowest BCUT2D eigenvalue weighted by Gasteiger charge is -2.29. The van der Waals surface area contributed by atoms with Gasteiger partial charge in [-0.3, -0.25) is 4.68 Å². The van der Waals surface area contributed by atoms with E-state index in [4.69, 9.17) is 4.74 Å². The lowest BCUT2D eigenvalue weighted by Crippen LogP contribution is -2.55. The SMILES string of the molecule is CCC(CO)(CO)NC(=O)Nc1cnn(Cc2ccc(OC)cc2)c1. The van der Waals surface area contributed by atoms with Crippen LogP contribution in [0.3, 0.4) is 0 Å². The van der Waals surface area contributed by atoms with Gasteiger partial charge in [0.05, 0.1) is 44.3 Å². The number of aliphatic hydroxyl groups excluding tert-OH is 2. The molecule has 136 valence electrons. The van der Waals surface area contributed by atoms with Crippen LogP contribution in [0.2, 0.25) is 0 Å². The van der Waals surface area contributed by atoms with Crippen LogP contribution in [-0.4, -0.2) is 51.9 Å². The maximum atomic E-state index is 12.0. The summed E-state index contributed by atoms with van der Waals surface area (Å²) in [5.74, 6) is 0.787. The molecule has 2 aromatic rings.